The molecule has 0 spiro atoms. The molecular formula is C11H12BrN3O2. The van der Waals surface area contributed by atoms with E-state index in [2.05, 4.69) is 26.1 Å². The molecule has 1 atom stereocenters. The van der Waals surface area contributed by atoms with Crippen LogP contribution in [0.4, 0.5) is 0 Å². The van der Waals surface area contributed by atoms with E-state index in [4.69, 9.17) is 15.4 Å². The summed E-state index contributed by atoms with van der Waals surface area (Å²) in [6.45, 7) is 1.78. The Morgan fingerprint density at radius 3 is 2.94 bits per heavy atom. The molecule has 1 aromatic carbocycles. The Morgan fingerprint density at radius 2 is 2.29 bits per heavy atom. The molecule has 0 fully saturated rings. The Kier molecular flexibility index (Phi) is 3.56. The minimum atomic E-state index is -0.614. The van der Waals surface area contributed by atoms with Crippen LogP contribution in [0.2, 0.25) is 0 Å². The Hall–Kier alpha value is -1.24. The van der Waals surface area contributed by atoms with Gasteiger partial charge in [0, 0.05) is 4.47 Å². The van der Waals surface area contributed by atoms with Gasteiger partial charge in [0.05, 0.1) is 18.2 Å². The zero-order valence-corrected chi connectivity index (χ0v) is 10.8. The molecule has 3 N–H and O–H groups in total. The van der Waals surface area contributed by atoms with Gasteiger partial charge in [-0.25, -0.2) is 0 Å². The predicted molar refractivity (Wildman–Crippen MR) is 66.2 cm³/mol. The number of benzene rings is 1. The SMILES string of the molecule is Cc1ccc(-c2nc(C(N)CO)no2)c(Br)c1. The van der Waals surface area contributed by atoms with Gasteiger partial charge in [-0.2, -0.15) is 4.98 Å². The molecule has 90 valence electrons. The third-order valence-corrected chi connectivity index (χ3v) is 2.98. The minimum Gasteiger partial charge on any atom is -0.394 e. The van der Waals surface area contributed by atoms with Crippen LogP contribution in [0.15, 0.2) is 27.2 Å². The number of aromatic nitrogens is 2. The van der Waals surface area contributed by atoms with Crippen molar-refractivity contribution in [3.63, 3.8) is 0 Å². The summed E-state index contributed by atoms with van der Waals surface area (Å²) in [7, 11) is 0. The van der Waals surface area contributed by atoms with E-state index in [1.807, 2.05) is 25.1 Å². The molecule has 0 radical (unpaired) electrons. The molecule has 2 rings (SSSR count). The molecule has 0 saturated carbocycles. The van der Waals surface area contributed by atoms with Crippen molar-refractivity contribution >= 4 is 15.9 Å². The standard InChI is InChI=1S/C11H12BrN3O2/c1-6-2-3-7(8(12)4-6)11-14-10(15-17-11)9(13)5-16/h2-4,9,16H,5,13H2,1H3. The Morgan fingerprint density at radius 1 is 1.53 bits per heavy atom. The van der Waals surface area contributed by atoms with Gasteiger partial charge < -0.3 is 15.4 Å². The van der Waals surface area contributed by atoms with E-state index in [0.717, 1.165) is 15.6 Å². The maximum absolute atomic E-state index is 8.90. The summed E-state index contributed by atoms with van der Waals surface area (Å²) in [5.41, 5.74) is 7.54. The third kappa shape index (κ3) is 2.54. The Bertz CT molecular complexity index is 527. The van der Waals surface area contributed by atoms with Gasteiger partial charge in [0.25, 0.3) is 5.89 Å². The number of nitrogens with two attached hydrogens (primary N) is 1. The van der Waals surface area contributed by atoms with Gasteiger partial charge in [0.15, 0.2) is 5.82 Å². The van der Waals surface area contributed by atoms with Gasteiger partial charge in [0.1, 0.15) is 0 Å². The number of rotatable bonds is 3. The van der Waals surface area contributed by atoms with Gasteiger partial charge in [-0.15, -0.1) is 0 Å². The summed E-state index contributed by atoms with van der Waals surface area (Å²) in [6, 6.07) is 5.19. The number of aliphatic hydroxyl groups excluding tert-OH is 1. The van der Waals surface area contributed by atoms with E-state index in [0.29, 0.717) is 11.7 Å². The summed E-state index contributed by atoms with van der Waals surface area (Å²) >= 11 is 3.44. The van der Waals surface area contributed by atoms with Crippen molar-refractivity contribution in [3.8, 4) is 11.5 Å². The largest absolute Gasteiger partial charge is 0.394 e. The molecular weight excluding hydrogens is 286 g/mol. The highest BCUT2D eigenvalue weighted by molar-refractivity contribution is 9.10. The zero-order chi connectivity index (χ0) is 12.4. The van der Waals surface area contributed by atoms with Crippen LogP contribution in [-0.4, -0.2) is 21.9 Å². The summed E-state index contributed by atoms with van der Waals surface area (Å²) in [5, 5.41) is 12.6. The molecule has 5 nitrogen and oxygen atoms in total. The van der Waals surface area contributed by atoms with Crippen molar-refractivity contribution in [1.82, 2.24) is 10.1 Å². The maximum atomic E-state index is 8.90. The Balaban J connectivity index is 2.37. The summed E-state index contributed by atoms with van der Waals surface area (Å²) in [5.74, 6) is 0.686. The number of aryl methyl sites for hydroxylation is 1. The smallest absolute Gasteiger partial charge is 0.259 e. The second-order valence-corrected chi connectivity index (χ2v) is 4.58. The van der Waals surface area contributed by atoms with E-state index < -0.39 is 6.04 Å². The lowest BCUT2D eigenvalue weighted by Crippen LogP contribution is -2.15. The first-order valence-corrected chi connectivity index (χ1v) is 5.87. The van der Waals surface area contributed by atoms with E-state index in [1.165, 1.54) is 0 Å². The second kappa shape index (κ2) is 4.95. The van der Waals surface area contributed by atoms with Gasteiger partial charge in [0.2, 0.25) is 0 Å². The molecule has 0 amide bonds. The van der Waals surface area contributed by atoms with Gasteiger partial charge >= 0.3 is 0 Å². The van der Waals surface area contributed by atoms with E-state index in [9.17, 15) is 0 Å². The third-order valence-electron chi connectivity index (χ3n) is 2.33. The predicted octanol–water partition coefficient (Wildman–Crippen LogP) is 1.80. The summed E-state index contributed by atoms with van der Waals surface area (Å²) in [4.78, 5) is 4.15. The van der Waals surface area contributed by atoms with E-state index in [-0.39, 0.29) is 6.61 Å². The first-order valence-electron chi connectivity index (χ1n) is 5.08. The average Bonchev–Trinajstić information content (AvgIpc) is 2.77. The lowest BCUT2D eigenvalue weighted by Gasteiger charge is -2.00. The van der Waals surface area contributed by atoms with Crippen LogP contribution in [0.25, 0.3) is 11.5 Å². The molecule has 0 saturated heterocycles. The number of halogens is 1. The quantitative estimate of drug-likeness (QED) is 0.902. The zero-order valence-electron chi connectivity index (χ0n) is 9.22. The molecule has 6 heteroatoms. The fourth-order valence-electron chi connectivity index (χ4n) is 1.37. The lowest BCUT2D eigenvalue weighted by atomic mass is 10.1. The molecule has 17 heavy (non-hydrogen) atoms. The summed E-state index contributed by atoms with van der Waals surface area (Å²) < 4.78 is 5.99. The van der Waals surface area contributed by atoms with Crippen LogP contribution >= 0.6 is 15.9 Å². The highest BCUT2D eigenvalue weighted by atomic mass is 79.9. The first-order chi connectivity index (χ1) is 8.11. The maximum Gasteiger partial charge on any atom is 0.259 e. The molecule has 1 heterocycles. The van der Waals surface area contributed by atoms with Crippen LogP contribution in [0.3, 0.4) is 0 Å². The molecule has 0 aliphatic rings. The van der Waals surface area contributed by atoms with Crippen molar-refractivity contribution in [3.05, 3.63) is 34.1 Å². The fourth-order valence-corrected chi connectivity index (χ4v) is 2.03. The Labute approximate surface area is 107 Å². The highest BCUT2D eigenvalue weighted by Gasteiger charge is 2.15. The van der Waals surface area contributed by atoms with Crippen LogP contribution in [0, 0.1) is 6.92 Å². The van der Waals surface area contributed by atoms with Crippen molar-refractivity contribution in [2.45, 2.75) is 13.0 Å². The van der Waals surface area contributed by atoms with Crippen LogP contribution < -0.4 is 5.73 Å². The number of aliphatic hydroxyl groups is 1. The van der Waals surface area contributed by atoms with E-state index in [1.54, 1.807) is 0 Å². The fraction of sp³-hybridized carbons (Fsp3) is 0.273. The molecule has 1 unspecified atom stereocenters. The minimum absolute atomic E-state index is 0.214. The first kappa shape index (κ1) is 12.2. The molecule has 0 aliphatic carbocycles. The molecule has 0 aliphatic heterocycles. The van der Waals surface area contributed by atoms with Crippen molar-refractivity contribution in [2.75, 3.05) is 6.61 Å². The van der Waals surface area contributed by atoms with Gasteiger partial charge in [-0.1, -0.05) is 11.2 Å². The topological polar surface area (TPSA) is 85.2 Å². The highest BCUT2D eigenvalue weighted by Crippen LogP contribution is 2.28. The molecule has 0 bridgehead atoms. The average molecular weight is 298 g/mol. The van der Waals surface area contributed by atoms with Crippen LogP contribution in [-0.2, 0) is 0 Å². The van der Waals surface area contributed by atoms with Crippen LogP contribution in [0.5, 0.6) is 0 Å². The van der Waals surface area contributed by atoms with Crippen LogP contribution in [0.1, 0.15) is 17.4 Å². The van der Waals surface area contributed by atoms with Gasteiger partial charge in [-0.3, -0.25) is 0 Å². The second-order valence-electron chi connectivity index (χ2n) is 3.73. The molecule has 1 aromatic heterocycles. The number of hydrogen-bond acceptors (Lipinski definition) is 5. The summed E-state index contributed by atoms with van der Waals surface area (Å²) in [6.07, 6.45) is 0. The lowest BCUT2D eigenvalue weighted by molar-refractivity contribution is 0.260. The van der Waals surface area contributed by atoms with Crippen molar-refractivity contribution in [1.29, 1.82) is 0 Å². The van der Waals surface area contributed by atoms with Gasteiger partial charge in [-0.05, 0) is 40.5 Å². The number of hydrogen-bond donors (Lipinski definition) is 2. The monoisotopic (exact) mass is 297 g/mol. The van der Waals surface area contributed by atoms with Crippen molar-refractivity contribution in [2.24, 2.45) is 5.73 Å². The van der Waals surface area contributed by atoms with Crippen molar-refractivity contribution < 1.29 is 9.63 Å². The normalized spacial score (nSPS) is 12.7. The number of nitrogens with zero attached hydrogens (tertiary/aromatic N) is 2. The van der Waals surface area contributed by atoms with E-state index >= 15 is 0 Å². The molecule has 2 aromatic rings.